The fourth-order valence-corrected chi connectivity index (χ4v) is 3.31. The molecule has 0 aliphatic heterocycles. The van der Waals surface area contributed by atoms with E-state index in [1.807, 2.05) is 0 Å². The van der Waals surface area contributed by atoms with Crippen LogP contribution in [0.2, 0.25) is 0 Å². The molecule has 0 bridgehead atoms. The van der Waals surface area contributed by atoms with Crippen molar-refractivity contribution >= 4 is 0 Å². The van der Waals surface area contributed by atoms with E-state index in [0.717, 1.165) is 12.5 Å². The Hall–Kier alpha value is -0.860. The maximum atomic E-state index is 6.35. The number of nitrogens with zero attached hydrogens (tertiary/aromatic N) is 1. The molecule has 0 heterocycles. The van der Waals surface area contributed by atoms with E-state index >= 15 is 0 Å². The van der Waals surface area contributed by atoms with Crippen molar-refractivity contribution in [2.45, 2.75) is 58.2 Å². The Morgan fingerprint density at radius 3 is 2.68 bits per heavy atom. The minimum absolute atomic E-state index is 0.344. The third-order valence-electron chi connectivity index (χ3n) is 4.80. The van der Waals surface area contributed by atoms with Gasteiger partial charge < -0.3 is 5.73 Å². The standard InChI is InChI=1S/C17H28N2/c1-4-14-9-10-16(18)17(11-14)19(3)12-15-8-6-5-7-13(15)2/h5-8,14,16-17H,4,9-12,18H2,1-3H3. The van der Waals surface area contributed by atoms with Crippen LogP contribution in [0.5, 0.6) is 0 Å². The predicted molar refractivity (Wildman–Crippen MR) is 82.0 cm³/mol. The molecular formula is C17H28N2. The predicted octanol–water partition coefficient (Wildman–Crippen LogP) is 3.33. The van der Waals surface area contributed by atoms with Gasteiger partial charge >= 0.3 is 0 Å². The van der Waals surface area contributed by atoms with E-state index in [1.54, 1.807) is 0 Å². The molecule has 2 rings (SSSR count). The zero-order valence-electron chi connectivity index (χ0n) is 12.6. The summed E-state index contributed by atoms with van der Waals surface area (Å²) in [5.74, 6) is 0.865. The second-order valence-electron chi connectivity index (χ2n) is 6.16. The van der Waals surface area contributed by atoms with Gasteiger partial charge in [0, 0.05) is 18.6 Å². The number of benzene rings is 1. The lowest BCUT2D eigenvalue weighted by atomic mass is 9.80. The average molecular weight is 260 g/mol. The first-order valence-corrected chi connectivity index (χ1v) is 7.62. The third kappa shape index (κ3) is 3.58. The Balaban J connectivity index is 2.02. The highest BCUT2D eigenvalue weighted by Gasteiger charge is 2.30. The molecule has 1 aliphatic carbocycles. The lowest BCUT2D eigenvalue weighted by Crippen LogP contribution is -2.49. The summed E-state index contributed by atoms with van der Waals surface area (Å²) in [5, 5.41) is 0. The summed E-state index contributed by atoms with van der Waals surface area (Å²) in [4.78, 5) is 2.47. The molecule has 2 N–H and O–H groups in total. The van der Waals surface area contributed by atoms with Crippen LogP contribution in [0.25, 0.3) is 0 Å². The molecule has 1 fully saturated rings. The van der Waals surface area contributed by atoms with Crippen molar-refractivity contribution in [2.75, 3.05) is 7.05 Å². The zero-order valence-corrected chi connectivity index (χ0v) is 12.6. The van der Waals surface area contributed by atoms with Gasteiger partial charge in [0.1, 0.15) is 0 Å². The summed E-state index contributed by atoms with van der Waals surface area (Å²) in [6.45, 7) is 5.51. The summed E-state index contributed by atoms with van der Waals surface area (Å²) in [6, 6.07) is 9.55. The van der Waals surface area contributed by atoms with Gasteiger partial charge in [-0.15, -0.1) is 0 Å². The number of hydrogen-bond donors (Lipinski definition) is 1. The first kappa shape index (κ1) is 14.5. The largest absolute Gasteiger partial charge is 0.326 e. The highest BCUT2D eigenvalue weighted by atomic mass is 15.1. The van der Waals surface area contributed by atoms with Crippen molar-refractivity contribution < 1.29 is 0 Å². The average Bonchev–Trinajstić information content (AvgIpc) is 2.42. The zero-order chi connectivity index (χ0) is 13.8. The van der Waals surface area contributed by atoms with Crippen molar-refractivity contribution in [1.82, 2.24) is 4.90 Å². The lowest BCUT2D eigenvalue weighted by molar-refractivity contribution is 0.129. The maximum absolute atomic E-state index is 6.35. The van der Waals surface area contributed by atoms with Crippen molar-refractivity contribution in [3.05, 3.63) is 35.4 Å². The van der Waals surface area contributed by atoms with E-state index < -0.39 is 0 Å². The molecule has 1 saturated carbocycles. The van der Waals surface area contributed by atoms with Crippen molar-refractivity contribution in [3.63, 3.8) is 0 Å². The van der Waals surface area contributed by atoms with Crippen LogP contribution in [-0.4, -0.2) is 24.0 Å². The van der Waals surface area contributed by atoms with Gasteiger partial charge in [0.15, 0.2) is 0 Å². The molecule has 0 saturated heterocycles. The van der Waals surface area contributed by atoms with Crippen LogP contribution in [-0.2, 0) is 6.54 Å². The van der Waals surface area contributed by atoms with Crippen LogP contribution in [0, 0.1) is 12.8 Å². The minimum atomic E-state index is 0.344. The minimum Gasteiger partial charge on any atom is -0.326 e. The van der Waals surface area contributed by atoms with Gasteiger partial charge in [0.2, 0.25) is 0 Å². The summed E-state index contributed by atoms with van der Waals surface area (Å²) in [7, 11) is 2.23. The molecule has 3 atom stereocenters. The van der Waals surface area contributed by atoms with Crippen molar-refractivity contribution in [1.29, 1.82) is 0 Å². The molecule has 3 unspecified atom stereocenters. The van der Waals surface area contributed by atoms with Crippen molar-refractivity contribution in [3.8, 4) is 0 Å². The van der Waals surface area contributed by atoms with Crippen LogP contribution in [0.3, 0.4) is 0 Å². The van der Waals surface area contributed by atoms with Crippen LogP contribution < -0.4 is 5.73 Å². The van der Waals surface area contributed by atoms with Crippen LogP contribution in [0.1, 0.15) is 43.7 Å². The van der Waals surface area contributed by atoms with Gasteiger partial charge in [-0.1, -0.05) is 37.6 Å². The molecular weight excluding hydrogens is 232 g/mol. The van der Waals surface area contributed by atoms with E-state index in [0.29, 0.717) is 12.1 Å². The summed E-state index contributed by atoms with van der Waals surface area (Å²) >= 11 is 0. The van der Waals surface area contributed by atoms with E-state index in [2.05, 4.69) is 50.1 Å². The van der Waals surface area contributed by atoms with Crippen molar-refractivity contribution in [2.24, 2.45) is 11.7 Å². The Bertz CT molecular complexity index is 402. The first-order chi connectivity index (χ1) is 9.11. The second kappa shape index (κ2) is 6.53. The summed E-state index contributed by atoms with van der Waals surface area (Å²) in [6.07, 6.45) is 5.05. The molecule has 0 aromatic heterocycles. The molecule has 2 nitrogen and oxygen atoms in total. The Morgan fingerprint density at radius 2 is 2.00 bits per heavy atom. The molecule has 0 spiro atoms. The first-order valence-electron chi connectivity index (χ1n) is 7.62. The van der Waals surface area contributed by atoms with Crippen LogP contribution >= 0.6 is 0 Å². The number of likely N-dealkylation sites (N-methyl/N-ethyl adjacent to an activating group) is 1. The van der Waals surface area contributed by atoms with Crippen LogP contribution in [0.15, 0.2) is 24.3 Å². The van der Waals surface area contributed by atoms with Gasteiger partial charge in [-0.2, -0.15) is 0 Å². The Kier molecular flexibility index (Phi) is 5.00. The molecule has 0 radical (unpaired) electrons. The lowest BCUT2D eigenvalue weighted by Gasteiger charge is -2.39. The summed E-state index contributed by atoms with van der Waals surface area (Å²) in [5.41, 5.74) is 9.15. The fourth-order valence-electron chi connectivity index (χ4n) is 3.31. The number of aryl methyl sites for hydroxylation is 1. The third-order valence-corrected chi connectivity index (χ3v) is 4.80. The van der Waals surface area contributed by atoms with Gasteiger partial charge in [0.05, 0.1) is 0 Å². The topological polar surface area (TPSA) is 29.3 Å². The number of rotatable bonds is 4. The van der Waals surface area contributed by atoms with E-state index in [-0.39, 0.29) is 0 Å². The highest BCUT2D eigenvalue weighted by Crippen LogP contribution is 2.29. The molecule has 1 aliphatic rings. The number of nitrogens with two attached hydrogens (primary N) is 1. The normalized spacial score (nSPS) is 27.7. The molecule has 106 valence electrons. The Morgan fingerprint density at radius 1 is 1.26 bits per heavy atom. The van der Waals surface area contributed by atoms with Crippen LogP contribution in [0.4, 0.5) is 0 Å². The monoisotopic (exact) mass is 260 g/mol. The van der Waals surface area contributed by atoms with Gasteiger partial charge in [-0.05, 0) is 50.3 Å². The SMILES string of the molecule is CCC1CCC(N)C(N(C)Cc2ccccc2C)C1. The molecule has 19 heavy (non-hydrogen) atoms. The molecule has 0 amide bonds. The highest BCUT2D eigenvalue weighted by molar-refractivity contribution is 5.25. The quantitative estimate of drug-likeness (QED) is 0.899. The molecule has 2 heteroatoms. The number of hydrogen-bond acceptors (Lipinski definition) is 2. The molecule has 1 aromatic carbocycles. The van der Waals surface area contributed by atoms with E-state index in [1.165, 1.54) is 36.8 Å². The van der Waals surface area contributed by atoms with E-state index in [4.69, 9.17) is 5.73 Å². The Labute approximate surface area is 118 Å². The summed E-state index contributed by atoms with van der Waals surface area (Å²) < 4.78 is 0. The smallest absolute Gasteiger partial charge is 0.0250 e. The van der Waals surface area contributed by atoms with Gasteiger partial charge in [-0.25, -0.2) is 0 Å². The maximum Gasteiger partial charge on any atom is 0.0250 e. The van der Waals surface area contributed by atoms with Gasteiger partial charge in [0.25, 0.3) is 0 Å². The molecule has 1 aromatic rings. The van der Waals surface area contributed by atoms with E-state index in [9.17, 15) is 0 Å². The fraction of sp³-hybridized carbons (Fsp3) is 0.647. The van der Waals surface area contributed by atoms with Gasteiger partial charge in [-0.3, -0.25) is 4.90 Å². The second-order valence-corrected chi connectivity index (χ2v) is 6.16.